The van der Waals surface area contributed by atoms with Gasteiger partial charge in [-0.1, -0.05) is 12.1 Å². The second-order valence-electron chi connectivity index (χ2n) is 4.18. The lowest BCUT2D eigenvalue weighted by Gasteiger charge is -2.04. The minimum Gasteiger partial charge on any atom is -0.264 e. The summed E-state index contributed by atoms with van der Waals surface area (Å²) in [5.74, 6) is 0. The maximum atomic E-state index is 11.0. The highest BCUT2D eigenvalue weighted by Gasteiger charge is 2.16. The summed E-state index contributed by atoms with van der Waals surface area (Å²) in [7, 11) is 0. The molecule has 5 heteroatoms. The molecule has 0 aliphatic carbocycles. The van der Waals surface area contributed by atoms with E-state index in [1.165, 1.54) is 0 Å². The fourth-order valence-corrected chi connectivity index (χ4v) is 1.84. The molecule has 1 heterocycles. The third-order valence-electron chi connectivity index (χ3n) is 2.82. The monoisotopic (exact) mass is 255 g/mol. The molecule has 0 amide bonds. The molecule has 1 aromatic heterocycles. The summed E-state index contributed by atoms with van der Waals surface area (Å²) in [5, 5.41) is 11.0. The Labute approximate surface area is 110 Å². The Morgan fingerprint density at radius 3 is 2.74 bits per heavy atom. The summed E-state index contributed by atoms with van der Waals surface area (Å²) >= 11 is 0. The van der Waals surface area contributed by atoms with Gasteiger partial charge in [-0.2, -0.15) is 0 Å². The lowest BCUT2D eigenvalue weighted by Crippen LogP contribution is -1.95. The summed E-state index contributed by atoms with van der Waals surface area (Å²) in [4.78, 5) is 18.9. The van der Waals surface area contributed by atoms with E-state index >= 15 is 0 Å². The minimum absolute atomic E-state index is 0.126. The molecule has 0 atom stereocenters. The van der Waals surface area contributed by atoms with E-state index < -0.39 is 0 Å². The molecular weight excluding hydrogens is 242 g/mol. The molecule has 0 radical (unpaired) electrons. The van der Waals surface area contributed by atoms with Crippen LogP contribution in [-0.2, 0) is 0 Å². The number of aliphatic imine (C=N–C) groups is 1. The van der Waals surface area contributed by atoms with Gasteiger partial charge < -0.3 is 0 Å². The Morgan fingerprint density at radius 1 is 1.32 bits per heavy atom. The average Bonchev–Trinajstić information content (AvgIpc) is 2.38. The van der Waals surface area contributed by atoms with Crippen LogP contribution >= 0.6 is 0 Å². The molecule has 2 rings (SSSR count). The van der Waals surface area contributed by atoms with Crippen molar-refractivity contribution in [3.8, 4) is 0 Å². The largest absolute Gasteiger partial charge is 0.277 e. The zero-order valence-electron chi connectivity index (χ0n) is 10.7. The standard InChI is InChI=1S/C14H13N3O2/c1-10-5-6-13(11(2)14(10)17(18)19)16-9-12-4-3-7-15-8-12/h3-9H,1-2H3/b16-9+. The number of nitro groups is 1. The third-order valence-corrected chi connectivity index (χ3v) is 2.82. The molecule has 96 valence electrons. The number of aromatic nitrogens is 1. The SMILES string of the molecule is Cc1ccc(/N=C/c2cccnc2)c(C)c1[N+](=O)[O-]. The summed E-state index contributed by atoms with van der Waals surface area (Å²) in [5.41, 5.74) is 2.79. The van der Waals surface area contributed by atoms with E-state index in [0.717, 1.165) is 5.56 Å². The van der Waals surface area contributed by atoms with Crippen molar-refractivity contribution in [1.82, 2.24) is 4.98 Å². The second kappa shape index (κ2) is 5.39. The third kappa shape index (κ3) is 2.82. The maximum Gasteiger partial charge on any atom is 0.277 e. The first-order valence-corrected chi connectivity index (χ1v) is 5.78. The highest BCUT2D eigenvalue weighted by atomic mass is 16.6. The molecule has 0 fully saturated rings. The van der Waals surface area contributed by atoms with Crippen molar-refractivity contribution < 1.29 is 4.92 Å². The highest BCUT2D eigenvalue weighted by molar-refractivity contribution is 5.82. The Hall–Kier alpha value is -2.56. The number of rotatable bonds is 3. The van der Waals surface area contributed by atoms with Gasteiger partial charge in [0, 0.05) is 29.7 Å². The van der Waals surface area contributed by atoms with Crippen molar-refractivity contribution in [3.63, 3.8) is 0 Å². The molecule has 0 saturated heterocycles. The smallest absolute Gasteiger partial charge is 0.264 e. The lowest BCUT2D eigenvalue weighted by molar-refractivity contribution is -0.386. The Morgan fingerprint density at radius 2 is 2.11 bits per heavy atom. The van der Waals surface area contributed by atoms with Crippen LogP contribution in [0.4, 0.5) is 11.4 Å². The lowest BCUT2D eigenvalue weighted by atomic mass is 10.1. The van der Waals surface area contributed by atoms with Gasteiger partial charge in [-0.25, -0.2) is 0 Å². The van der Waals surface area contributed by atoms with E-state index in [4.69, 9.17) is 0 Å². The molecule has 0 aliphatic heterocycles. The van der Waals surface area contributed by atoms with Crippen LogP contribution in [0.2, 0.25) is 0 Å². The van der Waals surface area contributed by atoms with Crippen LogP contribution in [0.25, 0.3) is 0 Å². The van der Waals surface area contributed by atoms with Crippen LogP contribution in [0.3, 0.4) is 0 Å². The summed E-state index contributed by atoms with van der Waals surface area (Å²) < 4.78 is 0. The first-order chi connectivity index (χ1) is 9.09. The van der Waals surface area contributed by atoms with Gasteiger partial charge in [0.15, 0.2) is 0 Å². The van der Waals surface area contributed by atoms with E-state index in [1.54, 1.807) is 44.6 Å². The van der Waals surface area contributed by atoms with Gasteiger partial charge in [0.1, 0.15) is 0 Å². The van der Waals surface area contributed by atoms with Crippen molar-refractivity contribution in [3.05, 3.63) is 63.5 Å². The summed E-state index contributed by atoms with van der Waals surface area (Å²) in [6.07, 6.45) is 5.01. The normalized spacial score (nSPS) is 10.8. The summed E-state index contributed by atoms with van der Waals surface area (Å²) in [6.45, 7) is 3.43. The van der Waals surface area contributed by atoms with Crippen LogP contribution in [0.5, 0.6) is 0 Å². The molecule has 0 unspecified atom stereocenters. The number of hydrogen-bond donors (Lipinski definition) is 0. The number of aryl methyl sites for hydroxylation is 1. The Kier molecular flexibility index (Phi) is 3.66. The van der Waals surface area contributed by atoms with Crippen molar-refractivity contribution in [2.45, 2.75) is 13.8 Å². The van der Waals surface area contributed by atoms with Crippen LogP contribution in [0, 0.1) is 24.0 Å². The second-order valence-corrected chi connectivity index (χ2v) is 4.18. The fourth-order valence-electron chi connectivity index (χ4n) is 1.84. The van der Waals surface area contributed by atoms with Gasteiger partial charge in [-0.05, 0) is 26.0 Å². The molecule has 0 N–H and O–H groups in total. The minimum atomic E-state index is -0.367. The first-order valence-electron chi connectivity index (χ1n) is 5.78. The number of benzene rings is 1. The van der Waals surface area contributed by atoms with Gasteiger partial charge in [0.25, 0.3) is 5.69 Å². The van der Waals surface area contributed by atoms with Gasteiger partial charge >= 0.3 is 0 Å². The number of hydrogen-bond acceptors (Lipinski definition) is 4. The first kappa shape index (κ1) is 12.9. The zero-order valence-corrected chi connectivity index (χ0v) is 10.7. The Bertz CT molecular complexity index is 637. The topological polar surface area (TPSA) is 68.4 Å². The van der Waals surface area contributed by atoms with Gasteiger partial charge in [-0.3, -0.25) is 20.1 Å². The van der Waals surface area contributed by atoms with Crippen LogP contribution in [0.15, 0.2) is 41.7 Å². The molecule has 1 aromatic carbocycles. The van der Waals surface area contributed by atoms with Gasteiger partial charge in [0.05, 0.1) is 16.2 Å². The molecule has 2 aromatic rings. The highest BCUT2D eigenvalue weighted by Crippen LogP contribution is 2.30. The van der Waals surface area contributed by atoms with E-state index in [0.29, 0.717) is 16.8 Å². The van der Waals surface area contributed by atoms with E-state index in [9.17, 15) is 10.1 Å². The number of nitrogens with zero attached hydrogens (tertiary/aromatic N) is 3. The van der Waals surface area contributed by atoms with Crippen molar-refractivity contribution >= 4 is 17.6 Å². The van der Waals surface area contributed by atoms with E-state index in [-0.39, 0.29) is 10.6 Å². The molecule has 0 saturated carbocycles. The van der Waals surface area contributed by atoms with Crippen molar-refractivity contribution in [1.29, 1.82) is 0 Å². The number of pyridine rings is 1. The quantitative estimate of drug-likeness (QED) is 0.479. The summed E-state index contributed by atoms with van der Waals surface area (Å²) in [6, 6.07) is 7.17. The molecule has 5 nitrogen and oxygen atoms in total. The maximum absolute atomic E-state index is 11.0. The molecule has 0 spiro atoms. The number of nitro benzene ring substituents is 1. The van der Waals surface area contributed by atoms with Gasteiger partial charge in [-0.15, -0.1) is 0 Å². The zero-order chi connectivity index (χ0) is 13.8. The predicted molar refractivity (Wildman–Crippen MR) is 74.1 cm³/mol. The van der Waals surface area contributed by atoms with Crippen LogP contribution in [0.1, 0.15) is 16.7 Å². The molecular formula is C14H13N3O2. The van der Waals surface area contributed by atoms with Crippen molar-refractivity contribution in [2.75, 3.05) is 0 Å². The Balaban J connectivity index is 2.39. The molecule has 0 bridgehead atoms. The predicted octanol–water partition coefficient (Wildman–Crippen LogP) is 3.36. The van der Waals surface area contributed by atoms with E-state index in [1.807, 2.05) is 12.1 Å². The molecule has 19 heavy (non-hydrogen) atoms. The van der Waals surface area contributed by atoms with Gasteiger partial charge in [0.2, 0.25) is 0 Å². The molecule has 0 aliphatic rings. The van der Waals surface area contributed by atoms with Crippen LogP contribution < -0.4 is 0 Å². The van der Waals surface area contributed by atoms with Crippen molar-refractivity contribution in [2.24, 2.45) is 4.99 Å². The average molecular weight is 255 g/mol. The fraction of sp³-hybridized carbons (Fsp3) is 0.143. The van der Waals surface area contributed by atoms with Crippen LogP contribution in [-0.4, -0.2) is 16.1 Å². The van der Waals surface area contributed by atoms with E-state index in [2.05, 4.69) is 9.98 Å².